The number of hydrogen-bond donors (Lipinski definition) is 1. The van der Waals surface area contributed by atoms with Crippen molar-refractivity contribution in [1.29, 1.82) is 5.26 Å². The minimum atomic E-state index is -1.17. The Balaban J connectivity index is 1.88. The predicted octanol–water partition coefficient (Wildman–Crippen LogP) is 4.31. The number of imide groups is 1. The lowest BCUT2D eigenvalue weighted by molar-refractivity contribution is -0.139. The van der Waals surface area contributed by atoms with E-state index in [0.29, 0.717) is 16.7 Å². The highest BCUT2D eigenvalue weighted by Gasteiger charge is 2.35. The number of amides is 2. The fraction of sp³-hybridized carbons (Fsp3) is 0.182. The molecule has 0 unspecified atom stereocenters. The van der Waals surface area contributed by atoms with Crippen molar-refractivity contribution in [2.24, 2.45) is 0 Å². The lowest BCUT2D eigenvalue weighted by Gasteiger charge is -2.14. The van der Waals surface area contributed by atoms with Crippen LogP contribution in [0.4, 0.5) is 4.79 Å². The van der Waals surface area contributed by atoms with Gasteiger partial charge < -0.3 is 14.6 Å². The first-order valence-electron chi connectivity index (χ1n) is 9.38. The smallest absolute Gasteiger partial charge is 0.341 e. The molecule has 1 heterocycles. The molecule has 1 N–H and O–H groups in total. The number of halogens is 1. The Morgan fingerprint density at radius 2 is 2.03 bits per heavy atom. The summed E-state index contributed by atoms with van der Waals surface area (Å²) >= 11 is 7.02. The Kier molecular flexibility index (Phi) is 7.41. The first kappa shape index (κ1) is 23.2. The lowest BCUT2D eigenvalue weighted by Crippen LogP contribution is -2.27. The van der Waals surface area contributed by atoms with Crippen molar-refractivity contribution >= 4 is 46.6 Å². The average molecular weight is 473 g/mol. The normalized spacial score (nSPS) is 14.5. The van der Waals surface area contributed by atoms with Gasteiger partial charge in [-0.25, -0.2) is 4.79 Å². The molecule has 32 heavy (non-hydrogen) atoms. The molecule has 1 aliphatic rings. The molecule has 0 saturated carbocycles. The SMILES string of the molecule is CCOc1cc(/C=C2/SC(=O)N(Cc3ccccc3C#N)C2=O)cc(Cl)c1OCC(=O)O. The van der Waals surface area contributed by atoms with Gasteiger partial charge in [-0.1, -0.05) is 29.8 Å². The summed E-state index contributed by atoms with van der Waals surface area (Å²) in [5, 5.41) is 17.7. The van der Waals surface area contributed by atoms with E-state index in [1.165, 1.54) is 12.1 Å². The van der Waals surface area contributed by atoms with Gasteiger partial charge in [0.05, 0.1) is 34.7 Å². The second-order valence-corrected chi connectivity index (χ2v) is 7.88. The van der Waals surface area contributed by atoms with Crippen LogP contribution in [-0.2, 0) is 16.1 Å². The molecule has 8 nitrogen and oxygen atoms in total. The third kappa shape index (κ3) is 5.22. The number of carboxylic acids is 1. The van der Waals surface area contributed by atoms with Crippen LogP contribution in [0.2, 0.25) is 5.02 Å². The number of ether oxygens (including phenoxy) is 2. The highest BCUT2D eigenvalue weighted by molar-refractivity contribution is 8.18. The van der Waals surface area contributed by atoms with E-state index in [0.717, 1.165) is 16.7 Å². The van der Waals surface area contributed by atoms with E-state index in [-0.39, 0.29) is 34.6 Å². The largest absolute Gasteiger partial charge is 0.490 e. The van der Waals surface area contributed by atoms with Crippen LogP contribution in [0.15, 0.2) is 41.3 Å². The molecular weight excluding hydrogens is 456 g/mol. The summed E-state index contributed by atoms with van der Waals surface area (Å²) in [6.45, 7) is 1.41. The highest BCUT2D eigenvalue weighted by Crippen LogP contribution is 2.39. The molecule has 0 bridgehead atoms. The van der Waals surface area contributed by atoms with Crippen LogP contribution in [0.1, 0.15) is 23.6 Å². The van der Waals surface area contributed by atoms with Gasteiger partial charge in [0.15, 0.2) is 18.1 Å². The molecule has 1 aliphatic heterocycles. The number of carbonyl (C=O) groups is 3. The standard InChI is InChI=1S/C22H17ClN2O6S/c1-2-30-17-8-13(7-16(23)20(17)31-12-19(26)27)9-18-21(28)25(22(29)32-18)11-15-6-4-3-5-14(15)10-24/h3-9H,2,11-12H2,1H3,(H,26,27)/b18-9+. The van der Waals surface area contributed by atoms with Crippen molar-refractivity contribution in [2.75, 3.05) is 13.2 Å². The summed E-state index contributed by atoms with van der Waals surface area (Å²) in [6.07, 6.45) is 1.50. The van der Waals surface area contributed by atoms with Gasteiger partial charge in [0.1, 0.15) is 0 Å². The predicted molar refractivity (Wildman–Crippen MR) is 118 cm³/mol. The van der Waals surface area contributed by atoms with Crippen LogP contribution in [0.3, 0.4) is 0 Å². The van der Waals surface area contributed by atoms with Gasteiger partial charge in [-0.2, -0.15) is 5.26 Å². The molecule has 0 aliphatic carbocycles. The fourth-order valence-electron chi connectivity index (χ4n) is 2.93. The van der Waals surface area contributed by atoms with Gasteiger partial charge in [0.25, 0.3) is 11.1 Å². The third-order valence-electron chi connectivity index (χ3n) is 4.31. The van der Waals surface area contributed by atoms with Crippen LogP contribution in [-0.4, -0.2) is 40.3 Å². The lowest BCUT2D eigenvalue weighted by atomic mass is 10.1. The minimum Gasteiger partial charge on any atom is -0.490 e. The van der Waals surface area contributed by atoms with Crippen molar-refractivity contribution in [2.45, 2.75) is 13.5 Å². The zero-order valence-corrected chi connectivity index (χ0v) is 18.4. The summed E-state index contributed by atoms with van der Waals surface area (Å²) in [6, 6.07) is 11.8. The van der Waals surface area contributed by atoms with E-state index in [1.807, 2.05) is 6.07 Å². The molecule has 2 amide bonds. The van der Waals surface area contributed by atoms with Gasteiger partial charge in [-0.05, 0) is 54.1 Å². The summed E-state index contributed by atoms with van der Waals surface area (Å²) in [4.78, 5) is 37.4. The van der Waals surface area contributed by atoms with Crippen molar-refractivity contribution < 1.29 is 29.0 Å². The quantitative estimate of drug-likeness (QED) is 0.565. The molecule has 2 aromatic rings. The maximum atomic E-state index is 12.8. The molecule has 0 aromatic heterocycles. The molecule has 0 spiro atoms. The van der Waals surface area contributed by atoms with Gasteiger partial charge in [-0.15, -0.1) is 0 Å². The fourth-order valence-corrected chi connectivity index (χ4v) is 4.05. The molecule has 1 saturated heterocycles. The average Bonchev–Trinajstić information content (AvgIpc) is 3.01. The van der Waals surface area contributed by atoms with Crippen molar-refractivity contribution in [3.05, 3.63) is 63.0 Å². The second-order valence-electron chi connectivity index (χ2n) is 6.48. The number of thioether (sulfide) groups is 1. The first-order valence-corrected chi connectivity index (χ1v) is 10.6. The third-order valence-corrected chi connectivity index (χ3v) is 5.50. The maximum absolute atomic E-state index is 12.8. The van der Waals surface area contributed by atoms with E-state index in [1.54, 1.807) is 37.3 Å². The maximum Gasteiger partial charge on any atom is 0.341 e. The number of aliphatic carboxylic acids is 1. The Bertz CT molecular complexity index is 1160. The van der Waals surface area contributed by atoms with Gasteiger partial charge in [-0.3, -0.25) is 14.5 Å². The van der Waals surface area contributed by atoms with E-state index in [2.05, 4.69) is 0 Å². The Hall–Kier alpha value is -3.48. The Morgan fingerprint density at radius 1 is 1.28 bits per heavy atom. The van der Waals surface area contributed by atoms with E-state index in [9.17, 15) is 19.6 Å². The van der Waals surface area contributed by atoms with Crippen LogP contribution < -0.4 is 9.47 Å². The minimum absolute atomic E-state index is 0.0152. The van der Waals surface area contributed by atoms with Crippen molar-refractivity contribution in [3.8, 4) is 17.6 Å². The van der Waals surface area contributed by atoms with E-state index in [4.69, 9.17) is 26.2 Å². The molecule has 3 rings (SSSR count). The Labute approximate surface area is 193 Å². The molecule has 1 fully saturated rings. The van der Waals surface area contributed by atoms with Crippen LogP contribution in [0.25, 0.3) is 6.08 Å². The zero-order chi connectivity index (χ0) is 23.3. The van der Waals surface area contributed by atoms with Gasteiger partial charge >= 0.3 is 5.97 Å². The number of carbonyl (C=O) groups excluding carboxylic acids is 2. The number of hydrogen-bond acceptors (Lipinski definition) is 7. The van der Waals surface area contributed by atoms with Gasteiger partial charge in [0.2, 0.25) is 0 Å². The molecule has 10 heteroatoms. The van der Waals surface area contributed by atoms with E-state index >= 15 is 0 Å². The molecular formula is C22H17ClN2O6S. The van der Waals surface area contributed by atoms with Crippen LogP contribution >= 0.6 is 23.4 Å². The van der Waals surface area contributed by atoms with Crippen LogP contribution in [0.5, 0.6) is 11.5 Å². The van der Waals surface area contributed by atoms with Crippen molar-refractivity contribution in [1.82, 2.24) is 4.90 Å². The zero-order valence-electron chi connectivity index (χ0n) is 16.8. The second kappa shape index (κ2) is 10.2. The monoisotopic (exact) mass is 472 g/mol. The number of rotatable bonds is 8. The number of nitriles is 1. The topological polar surface area (TPSA) is 117 Å². The summed E-state index contributed by atoms with van der Waals surface area (Å²) < 4.78 is 10.7. The molecule has 164 valence electrons. The number of carboxylic acid groups (broad SMARTS) is 1. The van der Waals surface area contributed by atoms with Crippen LogP contribution in [0, 0.1) is 11.3 Å². The summed E-state index contributed by atoms with van der Waals surface area (Å²) in [5.41, 5.74) is 1.44. The summed E-state index contributed by atoms with van der Waals surface area (Å²) in [7, 11) is 0. The molecule has 0 radical (unpaired) electrons. The summed E-state index contributed by atoms with van der Waals surface area (Å²) in [5.74, 6) is -1.36. The number of nitrogens with zero attached hydrogens (tertiary/aromatic N) is 2. The number of benzene rings is 2. The molecule has 0 atom stereocenters. The van der Waals surface area contributed by atoms with E-state index < -0.39 is 23.7 Å². The molecule has 2 aromatic carbocycles. The highest BCUT2D eigenvalue weighted by atomic mass is 35.5. The van der Waals surface area contributed by atoms with Gasteiger partial charge in [0, 0.05) is 0 Å². The first-order chi connectivity index (χ1) is 15.3. The Morgan fingerprint density at radius 3 is 2.72 bits per heavy atom. The van der Waals surface area contributed by atoms with Crippen molar-refractivity contribution in [3.63, 3.8) is 0 Å².